The Labute approximate surface area is 154 Å². The van der Waals surface area contributed by atoms with Crippen LogP contribution in [0, 0.1) is 0 Å². The third-order valence-corrected chi connectivity index (χ3v) is 4.74. The Kier molecular flexibility index (Phi) is 4.69. The van der Waals surface area contributed by atoms with Crippen LogP contribution in [0.4, 0.5) is 5.82 Å². The Morgan fingerprint density at radius 3 is 2.04 bits per heavy atom. The van der Waals surface area contributed by atoms with Crippen LogP contribution >= 0.6 is 0 Å². The molecule has 2 aromatic heterocycles. The summed E-state index contributed by atoms with van der Waals surface area (Å²) in [6, 6.07) is 25.5. The highest BCUT2D eigenvalue weighted by Crippen LogP contribution is 2.23. The van der Waals surface area contributed by atoms with Crippen molar-refractivity contribution in [2.75, 3.05) is 4.90 Å². The van der Waals surface area contributed by atoms with E-state index >= 15 is 0 Å². The second-order valence-corrected chi connectivity index (χ2v) is 6.53. The van der Waals surface area contributed by atoms with Gasteiger partial charge in [0.15, 0.2) is 0 Å². The molecule has 4 aromatic rings. The molecule has 0 radical (unpaired) electrons. The smallest absolute Gasteiger partial charge is 0.129 e. The molecule has 0 N–H and O–H groups in total. The van der Waals surface area contributed by atoms with Gasteiger partial charge in [0, 0.05) is 31.2 Å². The highest BCUT2D eigenvalue weighted by Gasteiger charge is 2.12. The molecule has 0 aliphatic rings. The summed E-state index contributed by atoms with van der Waals surface area (Å²) in [5, 5.41) is 1.24. The van der Waals surface area contributed by atoms with Crippen molar-refractivity contribution < 1.29 is 0 Å². The lowest BCUT2D eigenvalue weighted by molar-refractivity contribution is 0.780. The Morgan fingerprint density at radius 1 is 0.846 bits per heavy atom. The van der Waals surface area contributed by atoms with Gasteiger partial charge in [-0.15, -0.1) is 0 Å². The summed E-state index contributed by atoms with van der Waals surface area (Å²) in [7, 11) is 0. The lowest BCUT2D eigenvalue weighted by Gasteiger charge is -2.24. The first-order chi connectivity index (χ1) is 12.8. The molecule has 0 bridgehead atoms. The number of hydrogen-bond acceptors (Lipinski definition) is 2. The third kappa shape index (κ3) is 3.47. The van der Waals surface area contributed by atoms with Crippen LogP contribution in [0.5, 0.6) is 0 Å². The number of anilines is 1. The van der Waals surface area contributed by atoms with E-state index in [-0.39, 0.29) is 0 Å². The summed E-state index contributed by atoms with van der Waals surface area (Å²) >= 11 is 0. The Hall–Kier alpha value is -3.07. The molecular weight excluding hydrogens is 318 g/mol. The average Bonchev–Trinajstić information content (AvgIpc) is 3.11. The molecule has 0 fully saturated rings. The SMILES string of the molecule is CCn1ccc2cc(N(Cc3ccccc3)Cc3ccccc3)ncc21. The summed E-state index contributed by atoms with van der Waals surface area (Å²) in [6.07, 6.45) is 4.13. The number of aryl methyl sites for hydroxylation is 1. The van der Waals surface area contributed by atoms with Crippen LogP contribution in [0.3, 0.4) is 0 Å². The van der Waals surface area contributed by atoms with E-state index in [0.29, 0.717) is 0 Å². The van der Waals surface area contributed by atoms with Gasteiger partial charge in [-0.2, -0.15) is 0 Å². The topological polar surface area (TPSA) is 21.1 Å². The fourth-order valence-corrected chi connectivity index (χ4v) is 3.35. The lowest BCUT2D eigenvalue weighted by Crippen LogP contribution is -2.23. The van der Waals surface area contributed by atoms with E-state index in [1.54, 1.807) is 0 Å². The molecule has 0 saturated heterocycles. The van der Waals surface area contributed by atoms with Crippen LogP contribution in [-0.2, 0) is 19.6 Å². The molecule has 3 heteroatoms. The normalized spacial score (nSPS) is 11.0. The number of pyridine rings is 1. The number of benzene rings is 2. The van der Waals surface area contributed by atoms with E-state index in [4.69, 9.17) is 4.98 Å². The monoisotopic (exact) mass is 341 g/mol. The van der Waals surface area contributed by atoms with Gasteiger partial charge < -0.3 is 9.47 Å². The molecule has 0 aliphatic heterocycles. The summed E-state index contributed by atoms with van der Waals surface area (Å²) < 4.78 is 2.23. The molecular formula is C23H23N3. The van der Waals surface area contributed by atoms with Gasteiger partial charge in [0.05, 0.1) is 11.7 Å². The number of rotatable bonds is 6. The molecule has 0 spiro atoms. The summed E-state index contributed by atoms with van der Waals surface area (Å²) in [4.78, 5) is 7.13. The number of nitrogens with zero attached hydrogens (tertiary/aromatic N) is 3. The predicted octanol–water partition coefficient (Wildman–Crippen LogP) is 5.26. The molecule has 2 aromatic carbocycles. The fraction of sp³-hybridized carbons (Fsp3) is 0.174. The standard InChI is InChI=1S/C23H23N3/c1-2-25-14-13-21-15-23(24-16-22(21)25)26(17-19-9-5-3-6-10-19)18-20-11-7-4-8-12-20/h3-16H,2,17-18H2,1H3. The minimum atomic E-state index is 0.836. The maximum Gasteiger partial charge on any atom is 0.129 e. The van der Waals surface area contributed by atoms with Crippen molar-refractivity contribution in [3.8, 4) is 0 Å². The first-order valence-electron chi connectivity index (χ1n) is 9.11. The summed E-state index contributed by atoms with van der Waals surface area (Å²) in [5.74, 6) is 1.01. The number of hydrogen-bond donors (Lipinski definition) is 0. The molecule has 130 valence electrons. The van der Waals surface area contributed by atoms with Crippen LogP contribution < -0.4 is 4.90 Å². The first kappa shape index (κ1) is 16.4. The molecule has 4 rings (SSSR count). The number of fused-ring (bicyclic) bond motifs is 1. The molecule has 26 heavy (non-hydrogen) atoms. The zero-order chi connectivity index (χ0) is 17.8. The van der Waals surface area contributed by atoms with Gasteiger partial charge in [0.25, 0.3) is 0 Å². The maximum atomic E-state index is 4.79. The van der Waals surface area contributed by atoms with Gasteiger partial charge in [-0.3, -0.25) is 0 Å². The van der Waals surface area contributed by atoms with E-state index < -0.39 is 0 Å². The zero-order valence-corrected chi connectivity index (χ0v) is 15.0. The van der Waals surface area contributed by atoms with Crippen molar-refractivity contribution in [2.45, 2.75) is 26.6 Å². The van der Waals surface area contributed by atoms with Crippen molar-refractivity contribution in [3.63, 3.8) is 0 Å². The summed E-state index contributed by atoms with van der Waals surface area (Å²) in [6.45, 7) is 4.79. The Morgan fingerprint density at radius 2 is 1.46 bits per heavy atom. The van der Waals surface area contributed by atoms with Gasteiger partial charge in [0.2, 0.25) is 0 Å². The van der Waals surface area contributed by atoms with E-state index in [9.17, 15) is 0 Å². The highest BCUT2D eigenvalue weighted by molar-refractivity contribution is 5.82. The van der Waals surface area contributed by atoms with Crippen molar-refractivity contribution in [3.05, 3.63) is 96.3 Å². The molecule has 0 unspecified atom stereocenters. The van der Waals surface area contributed by atoms with Gasteiger partial charge in [-0.25, -0.2) is 4.98 Å². The third-order valence-electron chi connectivity index (χ3n) is 4.74. The van der Waals surface area contributed by atoms with Crippen LogP contribution in [0.15, 0.2) is 85.2 Å². The van der Waals surface area contributed by atoms with E-state index in [1.165, 1.54) is 22.0 Å². The van der Waals surface area contributed by atoms with Crippen LogP contribution in [-0.4, -0.2) is 9.55 Å². The molecule has 2 heterocycles. The largest absolute Gasteiger partial charge is 0.348 e. The van der Waals surface area contributed by atoms with Crippen LogP contribution in [0.25, 0.3) is 10.9 Å². The summed E-state index contributed by atoms with van der Waals surface area (Å²) in [5.41, 5.74) is 3.77. The van der Waals surface area contributed by atoms with Crippen LogP contribution in [0.2, 0.25) is 0 Å². The van der Waals surface area contributed by atoms with Gasteiger partial charge >= 0.3 is 0 Å². The Balaban J connectivity index is 1.69. The van der Waals surface area contributed by atoms with Gasteiger partial charge in [0.1, 0.15) is 5.82 Å². The van der Waals surface area contributed by atoms with Crippen molar-refractivity contribution in [2.24, 2.45) is 0 Å². The number of aromatic nitrogens is 2. The maximum absolute atomic E-state index is 4.79. The van der Waals surface area contributed by atoms with E-state index in [0.717, 1.165) is 25.5 Å². The van der Waals surface area contributed by atoms with Crippen molar-refractivity contribution in [1.29, 1.82) is 0 Å². The van der Waals surface area contributed by atoms with Gasteiger partial charge in [-0.1, -0.05) is 60.7 Å². The Bertz CT molecular complexity index is 933. The van der Waals surface area contributed by atoms with Crippen molar-refractivity contribution >= 4 is 16.7 Å². The molecule has 3 nitrogen and oxygen atoms in total. The molecule has 0 amide bonds. The highest BCUT2D eigenvalue weighted by atomic mass is 15.2. The minimum absolute atomic E-state index is 0.836. The average molecular weight is 341 g/mol. The second kappa shape index (κ2) is 7.44. The quantitative estimate of drug-likeness (QED) is 0.477. The first-order valence-corrected chi connectivity index (χ1v) is 9.11. The fourth-order valence-electron chi connectivity index (χ4n) is 3.35. The zero-order valence-electron chi connectivity index (χ0n) is 15.0. The van der Waals surface area contributed by atoms with Crippen molar-refractivity contribution in [1.82, 2.24) is 9.55 Å². The van der Waals surface area contributed by atoms with Gasteiger partial charge in [-0.05, 0) is 30.2 Å². The minimum Gasteiger partial charge on any atom is -0.348 e. The second-order valence-electron chi connectivity index (χ2n) is 6.53. The predicted molar refractivity (Wildman–Crippen MR) is 108 cm³/mol. The van der Waals surface area contributed by atoms with Crippen LogP contribution in [0.1, 0.15) is 18.1 Å². The van der Waals surface area contributed by atoms with E-state index in [2.05, 4.69) is 95.4 Å². The molecule has 0 saturated carbocycles. The molecule has 0 aliphatic carbocycles. The van der Waals surface area contributed by atoms with E-state index in [1.807, 2.05) is 6.20 Å². The lowest BCUT2D eigenvalue weighted by atomic mass is 10.1. The molecule has 0 atom stereocenters.